The Labute approximate surface area is 403 Å². The molecule has 3 atom stereocenters. The Kier molecular flexibility index (Phi) is 46.4. The molecule has 0 aliphatic rings. The van der Waals surface area contributed by atoms with Crippen molar-refractivity contribution in [1.29, 1.82) is 0 Å². The minimum absolute atomic E-state index is 0.0127. The van der Waals surface area contributed by atoms with E-state index < -0.39 is 20.0 Å². The van der Waals surface area contributed by atoms with Gasteiger partial charge in [0.25, 0.3) is 7.82 Å². The van der Waals surface area contributed by atoms with E-state index in [2.05, 4.69) is 67.8 Å². The van der Waals surface area contributed by atoms with E-state index in [9.17, 15) is 19.4 Å². The molecule has 0 aromatic rings. The van der Waals surface area contributed by atoms with E-state index in [-0.39, 0.29) is 19.1 Å². The van der Waals surface area contributed by atoms with Crippen LogP contribution >= 0.6 is 7.82 Å². The fourth-order valence-electron chi connectivity index (χ4n) is 8.03. The SMILES string of the molecule is CC/C=C\C/C=C\C/C=C\C/C=C\CCCCCCCCCCCCCCCCCCCCC(=O)NC(COP(=O)([O-])OCC[N+](C)(C)C)C(O)CCCCCCCCCCCCCC. The highest BCUT2D eigenvalue weighted by Gasteiger charge is 2.24. The molecule has 0 spiro atoms. The quantitative estimate of drug-likeness (QED) is 0.0272. The lowest BCUT2D eigenvalue weighted by Gasteiger charge is -2.30. The third-order valence-corrected chi connectivity index (χ3v) is 13.3. The van der Waals surface area contributed by atoms with E-state index in [0.717, 1.165) is 64.2 Å². The molecule has 382 valence electrons. The minimum Gasteiger partial charge on any atom is -0.756 e. The van der Waals surface area contributed by atoms with Crippen molar-refractivity contribution in [3.8, 4) is 0 Å². The van der Waals surface area contributed by atoms with Gasteiger partial charge in [0, 0.05) is 6.42 Å². The van der Waals surface area contributed by atoms with Gasteiger partial charge in [-0.15, -0.1) is 0 Å². The third kappa shape index (κ3) is 50.2. The Bertz CT molecular complexity index is 1200. The maximum atomic E-state index is 12.9. The number of phosphoric ester groups is 1. The van der Waals surface area contributed by atoms with Crippen molar-refractivity contribution in [3.05, 3.63) is 48.6 Å². The molecule has 0 rings (SSSR count). The van der Waals surface area contributed by atoms with Crippen LogP contribution in [0.1, 0.15) is 251 Å². The zero-order valence-electron chi connectivity index (χ0n) is 43.4. The first kappa shape index (κ1) is 63.5. The van der Waals surface area contributed by atoms with Gasteiger partial charge in [-0.25, -0.2) is 0 Å². The first-order valence-electron chi connectivity index (χ1n) is 27.5. The number of aliphatic hydroxyl groups is 1. The highest BCUT2D eigenvalue weighted by molar-refractivity contribution is 7.45. The Morgan fingerprint density at radius 3 is 1.37 bits per heavy atom. The van der Waals surface area contributed by atoms with Crippen LogP contribution in [0.2, 0.25) is 0 Å². The molecule has 0 aliphatic carbocycles. The molecule has 0 bridgehead atoms. The number of quaternary nitrogens is 1. The Balaban J connectivity index is 4.01. The number of aliphatic hydroxyl groups excluding tert-OH is 1. The topological polar surface area (TPSA) is 108 Å². The lowest BCUT2D eigenvalue weighted by molar-refractivity contribution is -0.870. The number of phosphoric acid groups is 1. The Hall–Kier alpha value is -1.54. The molecule has 3 unspecified atom stereocenters. The number of nitrogens with zero attached hydrogens (tertiary/aromatic N) is 1. The third-order valence-electron chi connectivity index (χ3n) is 12.3. The number of carbonyl (C=O) groups is 1. The summed E-state index contributed by atoms with van der Waals surface area (Å²) >= 11 is 0. The second-order valence-electron chi connectivity index (χ2n) is 19.9. The van der Waals surface area contributed by atoms with Crippen molar-refractivity contribution in [3.63, 3.8) is 0 Å². The number of likely N-dealkylation sites (N-methyl/N-ethyl adjacent to an activating group) is 1. The Morgan fingerprint density at radius 1 is 0.554 bits per heavy atom. The number of unbranched alkanes of at least 4 members (excludes halogenated alkanes) is 29. The van der Waals surface area contributed by atoms with Crippen LogP contribution in [0.4, 0.5) is 0 Å². The van der Waals surface area contributed by atoms with Gasteiger partial charge < -0.3 is 28.8 Å². The maximum Gasteiger partial charge on any atom is 0.268 e. The van der Waals surface area contributed by atoms with Gasteiger partial charge in [0.2, 0.25) is 5.91 Å². The molecule has 2 N–H and O–H groups in total. The van der Waals surface area contributed by atoms with E-state index in [1.54, 1.807) is 0 Å². The first-order chi connectivity index (χ1) is 31.5. The largest absolute Gasteiger partial charge is 0.756 e. The van der Waals surface area contributed by atoms with Crippen LogP contribution in [0.15, 0.2) is 48.6 Å². The van der Waals surface area contributed by atoms with Gasteiger partial charge in [-0.05, 0) is 51.4 Å². The minimum atomic E-state index is -4.57. The number of hydrogen-bond donors (Lipinski definition) is 2. The molecule has 0 heterocycles. The average molecular weight is 935 g/mol. The van der Waals surface area contributed by atoms with Crippen molar-refractivity contribution in [1.82, 2.24) is 5.32 Å². The fourth-order valence-corrected chi connectivity index (χ4v) is 8.76. The summed E-state index contributed by atoms with van der Waals surface area (Å²) in [6, 6.07) is -0.799. The number of hydrogen-bond acceptors (Lipinski definition) is 6. The number of rotatable bonds is 50. The van der Waals surface area contributed by atoms with E-state index in [0.29, 0.717) is 23.9 Å². The average Bonchev–Trinajstić information content (AvgIpc) is 3.26. The van der Waals surface area contributed by atoms with Crippen molar-refractivity contribution < 1.29 is 32.9 Å². The van der Waals surface area contributed by atoms with Crippen LogP contribution < -0.4 is 10.2 Å². The molecule has 65 heavy (non-hydrogen) atoms. The second kappa shape index (κ2) is 47.5. The first-order valence-corrected chi connectivity index (χ1v) is 28.9. The van der Waals surface area contributed by atoms with Gasteiger partial charge in [0.15, 0.2) is 0 Å². The van der Waals surface area contributed by atoms with Crippen LogP contribution in [0.5, 0.6) is 0 Å². The molecular formula is C56H107N2O6P. The molecule has 0 radical (unpaired) electrons. The van der Waals surface area contributed by atoms with E-state index in [4.69, 9.17) is 9.05 Å². The van der Waals surface area contributed by atoms with Crippen LogP contribution in [0.3, 0.4) is 0 Å². The lowest BCUT2D eigenvalue weighted by atomic mass is 10.0. The highest BCUT2D eigenvalue weighted by Crippen LogP contribution is 2.38. The summed E-state index contributed by atoms with van der Waals surface area (Å²) < 4.78 is 23.3. The lowest BCUT2D eigenvalue weighted by Crippen LogP contribution is -2.46. The molecule has 9 heteroatoms. The molecule has 0 saturated carbocycles. The molecule has 0 fully saturated rings. The number of nitrogens with one attached hydrogen (secondary N) is 1. The van der Waals surface area contributed by atoms with Crippen molar-refractivity contribution in [2.45, 2.75) is 264 Å². The van der Waals surface area contributed by atoms with Crippen molar-refractivity contribution in [2.75, 3.05) is 40.9 Å². The van der Waals surface area contributed by atoms with Crippen molar-refractivity contribution in [2.24, 2.45) is 0 Å². The summed E-state index contributed by atoms with van der Waals surface area (Å²) in [6.07, 6.45) is 61.4. The van der Waals surface area contributed by atoms with E-state index in [1.807, 2.05) is 21.1 Å². The maximum absolute atomic E-state index is 12.9. The zero-order valence-corrected chi connectivity index (χ0v) is 44.3. The molecule has 8 nitrogen and oxygen atoms in total. The summed E-state index contributed by atoms with van der Waals surface area (Å²) in [5, 5.41) is 14.0. The molecule has 0 aromatic carbocycles. The summed E-state index contributed by atoms with van der Waals surface area (Å²) in [4.78, 5) is 25.4. The highest BCUT2D eigenvalue weighted by atomic mass is 31.2. The summed E-state index contributed by atoms with van der Waals surface area (Å²) in [5.74, 6) is -0.164. The zero-order chi connectivity index (χ0) is 47.8. The predicted octanol–water partition coefficient (Wildman–Crippen LogP) is 15.7. The number of carbonyl (C=O) groups excluding carboxylic acids is 1. The van der Waals surface area contributed by atoms with Crippen molar-refractivity contribution >= 4 is 13.7 Å². The van der Waals surface area contributed by atoms with Crippen LogP contribution in [0, 0.1) is 0 Å². The number of allylic oxidation sites excluding steroid dienone is 8. The molecule has 1 amide bonds. The predicted molar refractivity (Wildman–Crippen MR) is 279 cm³/mol. The normalized spacial score (nSPS) is 14.4. The molecule has 0 aromatic heterocycles. The fraction of sp³-hybridized carbons (Fsp3) is 0.839. The van der Waals surface area contributed by atoms with Crippen LogP contribution in [0.25, 0.3) is 0 Å². The summed E-state index contributed by atoms with van der Waals surface area (Å²) in [7, 11) is 1.31. The molecular weight excluding hydrogens is 828 g/mol. The Morgan fingerprint density at radius 2 is 0.938 bits per heavy atom. The smallest absolute Gasteiger partial charge is 0.268 e. The van der Waals surface area contributed by atoms with Gasteiger partial charge in [0.05, 0.1) is 39.9 Å². The number of amides is 1. The molecule has 0 aliphatic heterocycles. The van der Waals surface area contributed by atoms with Gasteiger partial charge in [-0.2, -0.15) is 0 Å². The van der Waals surface area contributed by atoms with E-state index >= 15 is 0 Å². The van der Waals surface area contributed by atoms with Crippen LogP contribution in [-0.2, 0) is 18.4 Å². The second-order valence-corrected chi connectivity index (χ2v) is 21.3. The standard InChI is InChI=1S/C56H107N2O6P/c1-6-8-10-12-14-16-18-20-21-22-23-24-25-26-27-28-29-30-31-32-33-34-35-36-37-38-40-42-44-46-48-50-56(60)57-54(53-64-65(61,62)63-52-51-58(3,4)5)55(59)49-47-45-43-41-39-19-17-15-13-11-9-7-2/h8,10,14,16,20-21,23-24,54-55,59H,6-7,9,11-13,15,17-19,22,25-53H2,1-5H3,(H-,57,60,61,62)/b10-8-,16-14-,21-20-,24-23-. The van der Waals surface area contributed by atoms with Gasteiger partial charge in [-0.3, -0.25) is 9.36 Å². The van der Waals surface area contributed by atoms with Gasteiger partial charge >= 0.3 is 0 Å². The monoisotopic (exact) mass is 935 g/mol. The van der Waals surface area contributed by atoms with Gasteiger partial charge in [0.1, 0.15) is 13.2 Å². The van der Waals surface area contributed by atoms with Gasteiger partial charge in [-0.1, -0.05) is 242 Å². The summed E-state index contributed by atoms with van der Waals surface area (Å²) in [5.41, 5.74) is 0. The molecule has 0 saturated heterocycles. The van der Waals surface area contributed by atoms with Crippen LogP contribution in [-0.4, -0.2) is 68.5 Å². The van der Waals surface area contributed by atoms with E-state index in [1.165, 1.54) is 161 Å². The summed E-state index contributed by atoms with van der Waals surface area (Å²) in [6.45, 7) is 4.62.